The van der Waals surface area contributed by atoms with Gasteiger partial charge in [0.25, 0.3) is 5.91 Å². The fourth-order valence-electron chi connectivity index (χ4n) is 3.82. The number of aromatic nitrogens is 1. The molecule has 2 aliphatic rings. The molecule has 0 saturated carbocycles. The lowest BCUT2D eigenvalue weighted by Gasteiger charge is -2.30. The Kier molecular flexibility index (Phi) is 4.32. The van der Waals surface area contributed by atoms with Crippen molar-refractivity contribution in [2.75, 3.05) is 24.5 Å². The van der Waals surface area contributed by atoms with E-state index in [-0.39, 0.29) is 17.7 Å². The SMILES string of the molecule is NC(=O)C1CCN(C(=O)c2ccnc(N3CCc4ccccc43)c2)CC1. The number of likely N-dealkylation sites (tertiary alicyclic amines) is 1. The maximum Gasteiger partial charge on any atom is 0.254 e. The quantitative estimate of drug-likeness (QED) is 0.919. The van der Waals surface area contributed by atoms with Gasteiger partial charge in [0.05, 0.1) is 0 Å². The number of piperidine rings is 1. The Labute approximate surface area is 152 Å². The van der Waals surface area contributed by atoms with Crippen molar-refractivity contribution in [3.05, 3.63) is 53.7 Å². The van der Waals surface area contributed by atoms with Crippen molar-refractivity contribution in [1.82, 2.24) is 9.88 Å². The third kappa shape index (κ3) is 3.03. The number of amides is 2. The predicted octanol–water partition coefficient (Wildman–Crippen LogP) is 2.11. The molecule has 0 atom stereocenters. The van der Waals surface area contributed by atoms with Gasteiger partial charge in [-0.25, -0.2) is 4.98 Å². The summed E-state index contributed by atoms with van der Waals surface area (Å²) in [6.45, 7) is 2.00. The van der Waals surface area contributed by atoms with Crippen LogP contribution in [0.3, 0.4) is 0 Å². The highest BCUT2D eigenvalue weighted by molar-refractivity contribution is 5.95. The largest absolute Gasteiger partial charge is 0.369 e. The van der Waals surface area contributed by atoms with Gasteiger partial charge in [-0.2, -0.15) is 0 Å². The van der Waals surface area contributed by atoms with Gasteiger partial charge in [-0.05, 0) is 43.0 Å². The van der Waals surface area contributed by atoms with Crippen LogP contribution in [0.5, 0.6) is 0 Å². The number of nitrogens with zero attached hydrogens (tertiary/aromatic N) is 3. The van der Waals surface area contributed by atoms with Crippen molar-refractivity contribution < 1.29 is 9.59 Å². The van der Waals surface area contributed by atoms with Gasteiger partial charge in [-0.15, -0.1) is 0 Å². The molecule has 134 valence electrons. The zero-order chi connectivity index (χ0) is 18.1. The topological polar surface area (TPSA) is 79.5 Å². The summed E-state index contributed by atoms with van der Waals surface area (Å²) in [4.78, 5) is 32.6. The summed E-state index contributed by atoms with van der Waals surface area (Å²) < 4.78 is 0. The second kappa shape index (κ2) is 6.78. The third-order valence-corrected chi connectivity index (χ3v) is 5.34. The molecule has 2 N–H and O–H groups in total. The monoisotopic (exact) mass is 350 g/mol. The van der Waals surface area contributed by atoms with Gasteiger partial charge in [0, 0.05) is 43.0 Å². The molecule has 1 fully saturated rings. The van der Waals surface area contributed by atoms with Crippen molar-refractivity contribution in [3.8, 4) is 0 Å². The number of para-hydroxylation sites is 1. The first kappa shape index (κ1) is 16.6. The lowest BCUT2D eigenvalue weighted by Crippen LogP contribution is -2.41. The number of primary amides is 1. The molecule has 0 bridgehead atoms. The molecule has 4 rings (SSSR count). The number of fused-ring (bicyclic) bond motifs is 1. The molecule has 0 radical (unpaired) electrons. The van der Waals surface area contributed by atoms with Gasteiger partial charge in [0.2, 0.25) is 5.91 Å². The minimum Gasteiger partial charge on any atom is -0.369 e. The van der Waals surface area contributed by atoms with Gasteiger partial charge < -0.3 is 15.5 Å². The van der Waals surface area contributed by atoms with Crippen LogP contribution in [0.4, 0.5) is 11.5 Å². The fourth-order valence-corrected chi connectivity index (χ4v) is 3.82. The number of carbonyl (C=O) groups is 2. The molecule has 0 aliphatic carbocycles. The van der Waals surface area contributed by atoms with Crippen LogP contribution in [-0.2, 0) is 11.2 Å². The summed E-state index contributed by atoms with van der Waals surface area (Å²) in [6.07, 6.45) is 3.95. The van der Waals surface area contributed by atoms with Crippen LogP contribution in [0.1, 0.15) is 28.8 Å². The predicted molar refractivity (Wildman–Crippen MR) is 99.2 cm³/mol. The molecule has 2 aromatic rings. The normalized spacial score (nSPS) is 17.2. The highest BCUT2D eigenvalue weighted by atomic mass is 16.2. The van der Waals surface area contributed by atoms with Crippen LogP contribution >= 0.6 is 0 Å². The highest BCUT2D eigenvalue weighted by Crippen LogP contribution is 2.33. The van der Waals surface area contributed by atoms with Crippen molar-refractivity contribution in [3.63, 3.8) is 0 Å². The molecule has 0 unspecified atom stereocenters. The summed E-state index contributed by atoms with van der Waals surface area (Å²) in [5, 5.41) is 0. The Hall–Kier alpha value is -2.89. The van der Waals surface area contributed by atoms with E-state index in [0.29, 0.717) is 31.5 Å². The zero-order valence-corrected chi connectivity index (χ0v) is 14.6. The lowest BCUT2D eigenvalue weighted by atomic mass is 9.96. The molecule has 1 aromatic heterocycles. The van der Waals surface area contributed by atoms with Crippen molar-refractivity contribution in [2.24, 2.45) is 11.7 Å². The van der Waals surface area contributed by atoms with Crippen LogP contribution in [0.15, 0.2) is 42.6 Å². The van der Waals surface area contributed by atoms with E-state index in [0.717, 1.165) is 24.5 Å². The Morgan fingerprint density at radius 3 is 2.62 bits per heavy atom. The second-order valence-electron chi connectivity index (χ2n) is 6.90. The van der Waals surface area contributed by atoms with Gasteiger partial charge in [-0.3, -0.25) is 9.59 Å². The molecule has 26 heavy (non-hydrogen) atoms. The molecule has 3 heterocycles. The van der Waals surface area contributed by atoms with Gasteiger partial charge in [-0.1, -0.05) is 18.2 Å². The van der Waals surface area contributed by atoms with E-state index >= 15 is 0 Å². The number of benzene rings is 1. The number of hydrogen-bond donors (Lipinski definition) is 1. The smallest absolute Gasteiger partial charge is 0.254 e. The highest BCUT2D eigenvalue weighted by Gasteiger charge is 2.27. The Bertz CT molecular complexity index is 843. The van der Waals surface area contributed by atoms with E-state index in [4.69, 9.17) is 5.73 Å². The van der Waals surface area contributed by atoms with Crippen LogP contribution in [0.2, 0.25) is 0 Å². The fraction of sp³-hybridized carbons (Fsp3) is 0.350. The molecule has 2 amide bonds. The molecular weight excluding hydrogens is 328 g/mol. The molecule has 0 spiro atoms. The maximum absolute atomic E-state index is 12.9. The summed E-state index contributed by atoms with van der Waals surface area (Å²) in [7, 11) is 0. The Morgan fingerprint density at radius 1 is 1.08 bits per heavy atom. The first-order valence-electron chi connectivity index (χ1n) is 9.03. The molecule has 1 saturated heterocycles. The summed E-state index contributed by atoms with van der Waals surface area (Å²) in [5.74, 6) is 0.404. The Balaban J connectivity index is 1.52. The number of anilines is 2. The molecule has 6 heteroatoms. The van der Waals surface area contributed by atoms with Gasteiger partial charge in [0.1, 0.15) is 5.82 Å². The van der Waals surface area contributed by atoms with E-state index in [1.165, 1.54) is 5.56 Å². The molecule has 6 nitrogen and oxygen atoms in total. The number of carbonyl (C=O) groups excluding carboxylic acids is 2. The molecular formula is C20H22N4O2. The van der Waals surface area contributed by atoms with E-state index in [9.17, 15) is 9.59 Å². The van der Waals surface area contributed by atoms with Gasteiger partial charge >= 0.3 is 0 Å². The molecule has 1 aromatic carbocycles. The lowest BCUT2D eigenvalue weighted by molar-refractivity contribution is -0.123. The summed E-state index contributed by atoms with van der Waals surface area (Å²) in [5.41, 5.74) is 8.47. The number of hydrogen-bond acceptors (Lipinski definition) is 4. The van der Waals surface area contributed by atoms with Crippen molar-refractivity contribution >= 4 is 23.3 Å². The number of rotatable bonds is 3. The van der Waals surface area contributed by atoms with Crippen LogP contribution in [0, 0.1) is 5.92 Å². The minimum atomic E-state index is -0.268. The van der Waals surface area contributed by atoms with Crippen LogP contribution in [-0.4, -0.2) is 41.3 Å². The zero-order valence-electron chi connectivity index (χ0n) is 14.6. The summed E-state index contributed by atoms with van der Waals surface area (Å²) in [6, 6.07) is 11.9. The van der Waals surface area contributed by atoms with Crippen LogP contribution in [0.25, 0.3) is 0 Å². The van der Waals surface area contributed by atoms with Crippen molar-refractivity contribution in [2.45, 2.75) is 19.3 Å². The first-order chi connectivity index (χ1) is 12.6. The van der Waals surface area contributed by atoms with Gasteiger partial charge in [0.15, 0.2) is 0 Å². The molecule has 2 aliphatic heterocycles. The third-order valence-electron chi connectivity index (χ3n) is 5.34. The van der Waals surface area contributed by atoms with Crippen LogP contribution < -0.4 is 10.6 Å². The van der Waals surface area contributed by atoms with E-state index in [1.54, 1.807) is 17.2 Å². The first-order valence-corrected chi connectivity index (χ1v) is 9.03. The average Bonchev–Trinajstić information content (AvgIpc) is 3.12. The van der Waals surface area contributed by atoms with E-state index < -0.39 is 0 Å². The van der Waals surface area contributed by atoms with E-state index in [1.807, 2.05) is 18.2 Å². The second-order valence-corrected chi connectivity index (χ2v) is 6.90. The average molecular weight is 350 g/mol. The van der Waals surface area contributed by atoms with Crippen molar-refractivity contribution in [1.29, 1.82) is 0 Å². The minimum absolute atomic E-state index is 0.0101. The number of pyridine rings is 1. The standard InChI is InChI=1S/C20H22N4O2/c21-19(25)15-6-10-23(11-7-15)20(26)16-5-9-22-18(13-16)24-12-8-14-3-1-2-4-17(14)24/h1-5,9,13,15H,6-8,10-12H2,(H2,21,25). The maximum atomic E-state index is 12.9. The summed E-state index contributed by atoms with van der Waals surface area (Å²) >= 11 is 0. The Morgan fingerprint density at radius 2 is 1.85 bits per heavy atom. The number of nitrogens with two attached hydrogens (primary N) is 1. The van der Waals surface area contributed by atoms with E-state index in [2.05, 4.69) is 22.0 Å².